The zero-order chi connectivity index (χ0) is 13.2. The lowest BCUT2D eigenvalue weighted by molar-refractivity contribution is -0.121. The Kier molecular flexibility index (Phi) is 3.16. The lowest BCUT2D eigenvalue weighted by Gasteiger charge is -2.12. The average molecular weight is 274 g/mol. The summed E-state index contributed by atoms with van der Waals surface area (Å²) < 4.78 is 4.37. The second kappa shape index (κ2) is 4.97. The number of aromatic nitrogens is 2. The zero-order valence-corrected chi connectivity index (χ0v) is 11.1. The Balaban J connectivity index is 1.78. The monoisotopic (exact) mass is 274 g/mol. The highest BCUT2D eigenvalue weighted by Crippen LogP contribution is 2.28. The summed E-state index contributed by atoms with van der Waals surface area (Å²) >= 11 is 1.37. The number of carbonyl (C=O) groups is 1. The predicted molar refractivity (Wildman–Crippen MR) is 74.9 cm³/mol. The van der Waals surface area contributed by atoms with E-state index in [4.69, 9.17) is 5.73 Å². The fourth-order valence-electron chi connectivity index (χ4n) is 2.21. The Morgan fingerprint density at radius 1 is 1.37 bits per heavy atom. The van der Waals surface area contributed by atoms with E-state index >= 15 is 0 Å². The summed E-state index contributed by atoms with van der Waals surface area (Å²) in [5.74, 6) is 0.447. The van der Waals surface area contributed by atoms with Crippen molar-refractivity contribution in [3.8, 4) is 11.4 Å². The third-order valence-electron chi connectivity index (χ3n) is 3.31. The molecule has 98 valence electrons. The van der Waals surface area contributed by atoms with Crippen LogP contribution in [0.2, 0.25) is 0 Å². The molecule has 2 N–H and O–H groups in total. The van der Waals surface area contributed by atoms with Crippen LogP contribution in [0.15, 0.2) is 30.3 Å². The molecule has 19 heavy (non-hydrogen) atoms. The minimum absolute atomic E-state index is 0.0657. The van der Waals surface area contributed by atoms with Crippen LogP contribution in [0.25, 0.3) is 11.4 Å². The quantitative estimate of drug-likeness (QED) is 0.921. The number of primary amides is 1. The van der Waals surface area contributed by atoms with Crippen LogP contribution in [0, 0.1) is 5.92 Å². The van der Waals surface area contributed by atoms with Gasteiger partial charge in [0.05, 0.1) is 5.92 Å². The molecule has 1 fully saturated rings. The van der Waals surface area contributed by atoms with Gasteiger partial charge in [-0.1, -0.05) is 30.3 Å². The maximum Gasteiger partial charge on any atom is 0.222 e. The maximum atomic E-state index is 11.2. The van der Waals surface area contributed by atoms with Gasteiger partial charge in [0.2, 0.25) is 11.0 Å². The van der Waals surface area contributed by atoms with Crippen LogP contribution < -0.4 is 10.6 Å². The summed E-state index contributed by atoms with van der Waals surface area (Å²) in [7, 11) is 0. The molecule has 1 saturated heterocycles. The molecule has 1 aliphatic rings. The predicted octanol–water partition coefficient (Wildman–Crippen LogP) is 1.52. The van der Waals surface area contributed by atoms with Gasteiger partial charge in [0.15, 0.2) is 5.82 Å². The van der Waals surface area contributed by atoms with E-state index in [1.165, 1.54) is 11.5 Å². The van der Waals surface area contributed by atoms with Crippen molar-refractivity contribution in [2.45, 2.75) is 6.42 Å². The van der Waals surface area contributed by atoms with Crippen molar-refractivity contribution >= 4 is 22.6 Å². The largest absolute Gasteiger partial charge is 0.369 e. The molecule has 1 atom stereocenters. The highest BCUT2D eigenvalue weighted by Gasteiger charge is 2.28. The van der Waals surface area contributed by atoms with E-state index in [0.717, 1.165) is 29.5 Å². The van der Waals surface area contributed by atoms with E-state index in [9.17, 15) is 4.79 Å². The molecular weight excluding hydrogens is 260 g/mol. The molecule has 0 bridgehead atoms. The van der Waals surface area contributed by atoms with Crippen molar-refractivity contribution in [3.63, 3.8) is 0 Å². The van der Waals surface area contributed by atoms with E-state index in [-0.39, 0.29) is 11.8 Å². The molecule has 6 heteroatoms. The topological polar surface area (TPSA) is 72.1 Å². The Hall–Kier alpha value is -1.95. The SMILES string of the molecule is NC(=O)C1CCN(c2nc(-c3ccccc3)ns2)C1. The molecule has 2 heterocycles. The first kappa shape index (κ1) is 12.1. The number of nitrogens with zero attached hydrogens (tertiary/aromatic N) is 3. The van der Waals surface area contributed by atoms with Crippen LogP contribution in [0.4, 0.5) is 5.13 Å². The first-order chi connectivity index (χ1) is 9.24. The molecular formula is C13H14N4OS. The summed E-state index contributed by atoms with van der Waals surface area (Å²) in [6.07, 6.45) is 0.801. The number of carbonyl (C=O) groups excluding carboxylic acids is 1. The number of anilines is 1. The molecule has 1 aromatic heterocycles. The van der Waals surface area contributed by atoms with Crippen molar-refractivity contribution in [1.29, 1.82) is 0 Å². The molecule has 1 aromatic carbocycles. The van der Waals surface area contributed by atoms with Crippen molar-refractivity contribution < 1.29 is 4.79 Å². The molecule has 0 spiro atoms. The summed E-state index contributed by atoms with van der Waals surface area (Å²) in [5.41, 5.74) is 6.35. The van der Waals surface area contributed by atoms with Crippen LogP contribution >= 0.6 is 11.5 Å². The van der Waals surface area contributed by atoms with Gasteiger partial charge < -0.3 is 10.6 Å². The van der Waals surface area contributed by atoms with Gasteiger partial charge in [-0.25, -0.2) is 0 Å². The van der Waals surface area contributed by atoms with Gasteiger partial charge in [0.25, 0.3) is 0 Å². The number of benzene rings is 1. The van der Waals surface area contributed by atoms with E-state index in [0.29, 0.717) is 6.54 Å². The van der Waals surface area contributed by atoms with E-state index in [1.807, 2.05) is 30.3 Å². The van der Waals surface area contributed by atoms with Crippen molar-refractivity contribution in [2.24, 2.45) is 11.7 Å². The molecule has 0 aliphatic carbocycles. The fourth-order valence-corrected chi connectivity index (χ4v) is 2.94. The van der Waals surface area contributed by atoms with E-state index in [1.54, 1.807) is 0 Å². The van der Waals surface area contributed by atoms with Crippen LogP contribution in [-0.2, 0) is 4.79 Å². The first-order valence-electron chi connectivity index (χ1n) is 6.17. The maximum absolute atomic E-state index is 11.2. The van der Waals surface area contributed by atoms with E-state index in [2.05, 4.69) is 14.3 Å². The average Bonchev–Trinajstić information content (AvgIpc) is 3.09. The number of nitrogens with two attached hydrogens (primary N) is 1. The minimum atomic E-state index is -0.227. The number of hydrogen-bond acceptors (Lipinski definition) is 5. The second-order valence-electron chi connectivity index (χ2n) is 4.60. The Bertz CT molecular complexity index is 583. The van der Waals surface area contributed by atoms with Gasteiger partial charge in [-0.05, 0) is 6.42 Å². The van der Waals surface area contributed by atoms with Gasteiger partial charge in [0, 0.05) is 30.2 Å². The number of rotatable bonds is 3. The van der Waals surface area contributed by atoms with Gasteiger partial charge >= 0.3 is 0 Å². The third kappa shape index (κ3) is 2.44. The lowest BCUT2D eigenvalue weighted by Crippen LogP contribution is -2.27. The molecule has 0 radical (unpaired) electrons. The van der Waals surface area contributed by atoms with Crippen molar-refractivity contribution in [1.82, 2.24) is 9.36 Å². The highest BCUT2D eigenvalue weighted by atomic mass is 32.1. The van der Waals surface area contributed by atoms with Gasteiger partial charge in [-0.15, -0.1) is 0 Å². The molecule has 2 aromatic rings. The smallest absolute Gasteiger partial charge is 0.222 e. The van der Waals surface area contributed by atoms with Crippen LogP contribution in [0.5, 0.6) is 0 Å². The highest BCUT2D eigenvalue weighted by molar-refractivity contribution is 7.09. The second-order valence-corrected chi connectivity index (χ2v) is 5.33. The van der Waals surface area contributed by atoms with Crippen LogP contribution in [0.3, 0.4) is 0 Å². The summed E-state index contributed by atoms with van der Waals surface area (Å²) in [5, 5.41) is 0.864. The van der Waals surface area contributed by atoms with Crippen molar-refractivity contribution in [3.05, 3.63) is 30.3 Å². The van der Waals surface area contributed by atoms with Crippen LogP contribution in [0.1, 0.15) is 6.42 Å². The Morgan fingerprint density at radius 2 is 2.16 bits per heavy atom. The molecule has 1 amide bonds. The third-order valence-corrected chi connectivity index (χ3v) is 4.09. The molecule has 1 unspecified atom stereocenters. The minimum Gasteiger partial charge on any atom is -0.369 e. The lowest BCUT2D eigenvalue weighted by atomic mass is 10.1. The standard InChI is InChI=1S/C13H14N4OS/c14-11(18)10-6-7-17(8-10)13-15-12(16-19-13)9-4-2-1-3-5-9/h1-5,10H,6-8H2,(H2,14,18). The van der Waals surface area contributed by atoms with Gasteiger partial charge in [-0.2, -0.15) is 9.36 Å². The fraction of sp³-hybridized carbons (Fsp3) is 0.308. The first-order valence-corrected chi connectivity index (χ1v) is 6.95. The van der Waals surface area contributed by atoms with Crippen LogP contribution in [-0.4, -0.2) is 28.4 Å². The zero-order valence-electron chi connectivity index (χ0n) is 10.3. The molecule has 1 aliphatic heterocycles. The number of hydrogen-bond donors (Lipinski definition) is 1. The Labute approximate surface area is 115 Å². The summed E-state index contributed by atoms with van der Waals surface area (Å²) in [4.78, 5) is 17.8. The molecule has 0 saturated carbocycles. The van der Waals surface area contributed by atoms with E-state index < -0.39 is 0 Å². The number of amides is 1. The summed E-state index contributed by atoms with van der Waals surface area (Å²) in [6, 6.07) is 9.88. The molecule has 3 rings (SSSR count). The Morgan fingerprint density at radius 3 is 2.84 bits per heavy atom. The normalized spacial score (nSPS) is 18.7. The van der Waals surface area contributed by atoms with Gasteiger partial charge in [-0.3, -0.25) is 4.79 Å². The van der Waals surface area contributed by atoms with Gasteiger partial charge in [0.1, 0.15) is 0 Å². The molecule has 5 nitrogen and oxygen atoms in total. The summed E-state index contributed by atoms with van der Waals surface area (Å²) in [6.45, 7) is 1.47. The van der Waals surface area contributed by atoms with Crippen molar-refractivity contribution in [2.75, 3.05) is 18.0 Å².